The van der Waals surface area contributed by atoms with E-state index in [2.05, 4.69) is 29.2 Å². The molecule has 7 heteroatoms. The quantitative estimate of drug-likeness (QED) is 0.675. The number of ether oxygens (including phenoxy) is 2. The summed E-state index contributed by atoms with van der Waals surface area (Å²) >= 11 is 0. The number of sulfonamides is 1. The first-order valence-corrected chi connectivity index (χ1v) is 12.0. The van der Waals surface area contributed by atoms with E-state index in [1.807, 2.05) is 0 Å². The van der Waals surface area contributed by atoms with Crippen LogP contribution in [0.2, 0.25) is 0 Å². The molecule has 0 aromatic heterocycles. The predicted octanol–water partition coefficient (Wildman–Crippen LogP) is 3.31. The third-order valence-electron chi connectivity index (χ3n) is 6.27. The van der Waals surface area contributed by atoms with E-state index in [1.54, 1.807) is 29.6 Å². The minimum atomic E-state index is -3.57. The molecule has 1 unspecified atom stereocenters. The molecule has 2 aliphatic heterocycles. The highest BCUT2D eigenvalue weighted by molar-refractivity contribution is 7.89. The summed E-state index contributed by atoms with van der Waals surface area (Å²) in [6, 6.07) is 13.5. The number of hydrogen-bond donors (Lipinski definition) is 0. The molecule has 0 radical (unpaired) electrons. The van der Waals surface area contributed by atoms with Gasteiger partial charge in [0.25, 0.3) is 0 Å². The highest BCUT2D eigenvalue weighted by atomic mass is 32.2. The van der Waals surface area contributed by atoms with Crippen LogP contribution in [0.25, 0.3) is 0 Å². The van der Waals surface area contributed by atoms with E-state index in [1.165, 1.54) is 18.2 Å². The minimum Gasteiger partial charge on any atom is -0.493 e. The van der Waals surface area contributed by atoms with Crippen molar-refractivity contribution in [2.24, 2.45) is 0 Å². The molecule has 0 N–H and O–H groups in total. The van der Waals surface area contributed by atoms with E-state index in [9.17, 15) is 8.42 Å². The van der Waals surface area contributed by atoms with E-state index in [0.717, 1.165) is 45.3 Å². The summed E-state index contributed by atoms with van der Waals surface area (Å²) in [6.07, 6.45) is 3.74. The first kappa shape index (κ1) is 21.2. The van der Waals surface area contributed by atoms with E-state index < -0.39 is 10.0 Å². The molecule has 0 saturated carbocycles. The summed E-state index contributed by atoms with van der Waals surface area (Å²) in [7, 11) is -0.507. The molecule has 6 nitrogen and oxygen atoms in total. The molecule has 0 bridgehead atoms. The van der Waals surface area contributed by atoms with Gasteiger partial charge in [-0.3, -0.25) is 4.90 Å². The van der Waals surface area contributed by atoms with Gasteiger partial charge in [0.1, 0.15) is 0 Å². The number of rotatable bonds is 7. The van der Waals surface area contributed by atoms with Gasteiger partial charge in [-0.25, -0.2) is 8.42 Å². The zero-order valence-electron chi connectivity index (χ0n) is 17.7. The number of hydrogen-bond acceptors (Lipinski definition) is 5. The van der Waals surface area contributed by atoms with Crippen LogP contribution < -0.4 is 9.47 Å². The van der Waals surface area contributed by atoms with Gasteiger partial charge in [-0.05, 0) is 48.9 Å². The molecular weight excluding hydrogens is 400 g/mol. The van der Waals surface area contributed by atoms with Crippen molar-refractivity contribution in [3.05, 3.63) is 53.6 Å². The van der Waals surface area contributed by atoms with Crippen molar-refractivity contribution < 1.29 is 17.9 Å². The van der Waals surface area contributed by atoms with Gasteiger partial charge < -0.3 is 9.47 Å². The Labute approximate surface area is 179 Å². The number of fused-ring (bicyclic) bond motifs is 1. The average Bonchev–Trinajstić information content (AvgIpc) is 3.26. The average molecular weight is 431 g/mol. The van der Waals surface area contributed by atoms with Crippen molar-refractivity contribution in [3.63, 3.8) is 0 Å². The monoisotopic (exact) mass is 430 g/mol. The summed E-state index contributed by atoms with van der Waals surface area (Å²) in [5, 5.41) is 0. The van der Waals surface area contributed by atoms with Gasteiger partial charge in [-0.2, -0.15) is 4.31 Å². The second-order valence-corrected chi connectivity index (χ2v) is 9.90. The molecule has 1 saturated heterocycles. The Hall–Kier alpha value is -2.09. The maximum Gasteiger partial charge on any atom is 0.243 e. The van der Waals surface area contributed by atoms with Crippen molar-refractivity contribution in [1.82, 2.24) is 9.21 Å². The molecule has 0 spiro atoms. The van der Waals surface area contributed by atoms with Crippen LogP contribution in [0.1, 0.15) is 30.4 Å². The summed E-state index contributed by atoms with van der Waals surface area (Å²) in [4.78, 5) is 2.71. The third-order valence-corrected chi connectivity index (χ3v) is 8.22. The van der Waals surface area contributed by atoms with E-state index in [-0.39, 0.29) is 10.9 Å². The van der Waals surface area contributed by atoms with Crippen molar-refractivity contribution >= 4 is 10.0 Å². The minimum absolute atomic E-state index is 0.0419. The first-order chi connectivity index (χ1) is 14.5. The molecule has 2 aromatic carbocycles. The Kier molecular flexibility index (Phi) is 6.32. The van der Waals surface area contributed by atoms with Crippen molar-refractivity contribution in [2.45, 2.75) is 43.2 Å². The summed E-state index contributed by atoms with van der Waals surface area (Å²) in [5.74, 6) is 0.959. The lowest BCUT2D eigenvalue weighted by Gasteiger charge is -2.31. The third kappa shape index (κ3) is 4.19. The molecular formula is C23H30N2O4S. The normalized spacial score (nSPS) is 20.1. The summed E-state index contributed by atoms with van der Waals surface area (Å²) in [5.41, 5.74) is 2.83. The van der Waals surface area contributed by atoms with Crippen LogP contribution >= 0.6 is 0 Å². The molecule has 0 amide bonds. The van der Waals surface area contributed by atoms with Gasteiger partial charge in [0.2, 0.25) is 10.0 Å². The van der Waals surface area contributed by atoms with Crippen LogP contribution in [0.15, 0.2) is 47.4 Å². The zero-order valence-corrected chi connectivity index (χ0v) is 18.5. The maximum absolute atomic E-state index is 13.3. The van der Waals surface area contributed by atoms with Crippen molar-refractivity contribution in [2.75, 3.05) is 33.9 Å². The topological polar surface area (TPSA) is 59.1 Å². The maximum atomic E-state index is 13.3. The van der Waals surface area contributed by atoms with Crippen LogP contribution in [-0.4, -0.2) is 57.5 Å². The van der Waals surface area contributed by atoms with E-state index >= 15 is 0 Å². The molecule has 2 heterocycles. The van der Waals surface area contributed by atoms with Gasteiger partial charge in [0, 0.05) is 38.3 Å². The molecule has 30 heavy (non-hydrogen) atoms. The Morgan fingerprint density at radius 3 is 2.53 bits per heavy atom. The van der Waals surface area contributed by atoms with Gasteiger partial charge in [-0.15, -0.1) is 0 Å². The van der Waals surface area contributed by atoms with Gasteiger partial charge in [-0.1, -0.05) is 24.3 Å². The molecule has 1 fully saturated rings. The van der Waals surface area contributed by atoms with Crippen LogP contribution in [0, 0.1) is 0 Å². The number of methoxy groups -OCH3 is 2. The SMILES string of the molecule is COc1ccc(S(=O)(=O)N2CCCC2CCN2CCc3ccccc3C2)cc1OC. The predicted molar refractivity (Wildman–Crippen MR) is 116 cm³/mol. The molecule has 2 aromatic rings. The van der Waals surface area contributed by atoms with Crippen LogP contribution in [-0.2, 0) is 23.0 Å². The Balaban J connectivity index is 1.44. The van der Waals surface area contributed by atoms with Crippen LogP contribution in [0.5, 0.6) is 11.5 Å². The van der Waals surface area contributed by atoms with Crippen molar-refractivity contribution in [1.29, 1.82) is 0 Å². The zero-order chi connectivity index (χ0) is 21.1. The highest BCUT2D eigenvalue weighted by Gasteiger charge is 2.35. The number of nitrogens with zero attached hydrogens (tertiary/aromatic N) is 2. The largest absolute Gasteiger partial charge is 0.493 e. The lowest BCUT2D eigenvalue weighted by molar-refractivity contribution is 0.228. The molecule has 2 aliphatic rings. The Bertz CT molecular complexity index is 992. The van der Waals surface area contributed by atoms with Gasteiger partial charge in [0.15, 0.2) is 11.5 Å². The summed E-state index contributed by atoms with van der Waals surface area (Å²) in [6.45, 7) is 3.47. The fourth-order valence-corrected chi connectivity index (χ4v) is 6.34. The number of benzene rings is 2. The van der Waals surface area contributed by atoms with Gasteiger partial charge >= 0.3 is 0 Å². The van der Waals surface area contributed by atoms with Crippen LogP contribution in [0.3, 0.4) is 0 Å². The second kappa shape index (κ2) is 8.96. The lowest BCUT2D eigenvalue weighted by atomic mass is 9.99. The Morgan fingerprint density at radius 2 is 1.77 bits per heavy atom. The Morgan fingerprint density at radius 1 is 1.00 bits per heavy atom. The fourth-order valence-electron chi connectivity index (χ4n) is 4.60. The summed E-state index contributed by atoms with van der Waals surface area (Å²) < 4.78 is 38.9. The molecule has 162 valence electrons. The second-order valence-electron chi connectivity index (χ2n) is 8.01. The van der Waals surface area contributed by atoms with Crippen molar-refractivity contribution in [3.8, 4) is 11.5 Å². The van der Waals surface area contributed by atoms with Crippen LogP contribution in [0.4, 0.5) is 0 Å². The van der Waals surface area contributed by atoms with E-state index in [0.29, 0.717) is 18.0 Å². The standard InChI is InChI=1S/C23H30N2O4S/c1-28-22-10-9-21(16-23(22)29-2)30(26,27)25-13-5-8-20(25)12-15-24-14-11-18-6-3-4-7-19(18)17-24/h3-4,6-7,9-10,16,20H,5,8,11-15,17H2,1-2H3. The smallest absolute Gasteiger partial charge is 0.243 e. The van der Waals surface area contributed by atoms with Gasteiger partial charge in [0.05, 0.1) is 19.1 Å². The first-order valence-electron chi connectivity index (χ1n) is 10.6. The van der Waals surface area contributed by atoms with E-state index in [4.69, 9.17) is 9.47 Å². The highest BCUT2D eigenvalue weighted by Crippen LogP contribution is 2.34. The lowest BCUT2D eigenvalue weighted by Crippen LogP contribution is -2.39. The molecule has 1 atom stereocenters. The fraction of sp³-hybridized carbons (Fsp3) is 0.478. The molecule has 4 rings (SSSR count). The molecule has 0 aliphatic carbocycles.